The second-order valence-corrected chi connectivity index (χ2v) is 6.58. The Morgan fingerprint density at radius 3 is 2.71 bits per heavy atom. The van der Waals surface area contributed by atoms with Gasteiger partial charge in [-0.25, -0.2) is 0 Å². The molecule has 0 unspecified atom stereocenters. The molecule has 0 radical (unpaired) electrons. The number of carboxylic acids is 1. The molecule has 0 saturated heterocycles. The summed E-state index contributed by atoms with van der Waals surface area (Å²) in [5.74, 6) is -0.547. The molecule has 0 saturated carbocycles. The first-order valence-corrected chi connectivity index (χ1v) is 7.75. The smallest absolute Gasteiger partial charge is 0.307 e. The van der Waals surface area contributed by atoms with Crippen molar-refractivity contribution in [2.45, 2.75) is 25.7 Å². The molecule has 124 valence electrons. The van der Waals surface area contributed by atoms with Crippen LogP contribution in [0.5, 0.6) is 5.75 Å². The number of rotatable bonds is 4. The number of aliphatic carboxylic acids is 1. The molecule has 2 aromatic rings. The van der Waals surface area contributed by atoms with E-state index in [2.05, 4.69) is 19.2 Å². The number of para-hydroxylation sites is 1. The maximum absolute atomic E-state index is 12.6. The third-order valence-electron chi connectivity index (χ3n) is 4.11. The van der Waals surface area contributed by atoms with Gasteiger partial charge < -0.3 is 15.2 Å². The van der Waals surface area contributed by atoms with E-state index in [1.165, 1.54) is 0 Å². The van der Waals surface area contributed by atoms with E-state index < -0.39 is 5.97 Å². The van der Waals surface area contributed by atoms with Crippen molar-refractivity contribution in [3.63, 3.8) is 0 Å². The molecule has 1 aliphatic heterocycles. The minimum atomic E-state index is -0.907. The third kappa shape index (κ3) is 3.11. The van der Waals surface area contributed by atoms with E-state index in [-0.39, 0.29) is 17.7 Å². The van der Waals surface area contributed by atoms with Gasteiger partial charge in [0.05, 0.1) is 18.6 Å². The number of hydrogen-bond donors (Lipinski definition) is 2. The zero-order valence-electron chi connectivity index (χ0n) is 13.6. The molecule has 3 rings (SSSR count). The molecule has 2 aromatic carbocycles. The van der Waals surface area contributed by atoms with Gasteiger partial charge in [0.25, 0.3) is 5.91 Å². The topological polar surface area (TPSA) is 75.6 Å². The number of fused-ring (bicyclic) bond motifs is 1. The van der Waals surface area contributed by atoms with Crippen LogP contribution in [0.25, 0.3) is 0 Å². The molecule has 2 N–H and O–H groups in total. The molecule has 0 aliphatic carbocycles. The van der Waals surface area contributed by atoms with Gasteiger partial charge in [-0.15, -0.1) is 0 Å². The number of carbonyl (C=O) groups excluding carboxylic acids is 1. The van der Waals surface area contributed by atoms with E-state index in [0.29, 0.717) is 29.2 Å². The van der Waals surface area contributed by atoms with Crippen molar-refractivity contribution in [3.8, 4) is 5.75 Å². The molecule has 24 heavy (non-hydrogen) atoms. The Morgan fingerprint density at radius 1 is 1.21 bits per heavy atom. The van der Waals surface area contributed by atoms with Crippen LogP contribution in [0.1, 0.15) is 35.3 Å². The summed E-state index contributed by atoms with van der Waals surface area (Å²) in [6.07, 6.45) is -0.0816. The minimum absolute atomic E-state index is 0.0816. The molecule has 0 bridgehead atoms. The number of hydrogen-bond acceptors (Lipinski definition) is 3. The van der Waals surface area contributed by atoms with Crippen LogP contribution in [0, 0.1) is 0 Å². The Bertz CT molecular complexity index is 811. The highest BCUT2D eigenvalue weighted by atomic mass is 16.5. The van der Waals surface area contributed by atoms with Crippen LogP contribution in [0.15, 0.2) is 42.5 Å². The summed E-state index contributed by atoms with van der Waals surface area (Å²) in [4.78, 5) is 23.4. The lowest BCUT2D eigenvalue weighted by atomic mass is 9.86. The Hall–Kier alpha value is -2.82. The number of ether oxygens (including phenoxy) is 1. The summed E-state index contributed by atoms with van der Waals surface area (Å²) < 4.78 is 5.74. The molecule has 5 heteroatoms. The Morgan fingerprint density at radius 2 is 1.96 bits per heavy atom. The molecular formula is C19H19NO4. The fourth-order valence-electron chi connectivity index (χ4n) is 2.87. The lowest BCUT2D eigenvalue weighted by Gasteiger charge is -2.15. The zero-order valence-corrected chi connectivity index (χ0v) is 13.6. The molecule has 1 aliphatic rings. The largest absolute Gasteiger partial charge is 0.492 e. The van der Waals surface area contributed by atoms with Crippen molar-refractivity contribution >= 4 is 17.6 Å². The van der Waals surface area contributed by atoms with E-state index in [4.69, 9.17) is 9.84 Å². The first kappa shape index (κ1) is 16.1. The fourth-order valence-corrected chi connectivity index (χ4v) is 2.87. The predicted octanol–water partition coefficient (Wildman–Crippen LogP) is 3.24. The van der Waals surface area contributed by atoms with Gasteiger partial charge in [-0.1, -0.05) is 38.1 Å². The summed E-state index contributed by atoms with van der Waals surface area (Å²) in [7, 11) is 0. The van der Waals surface area contributed by atoms with Crippen LogP contribution in [-0.4, -0.2) is 23.6 Å². The standard InChI is InChI=1S/C19H19NO4/c1-19(2)11-24-17-14(7-4-8-15(17)19)18(23)20-13-6-3-5-12(9-13)10-16(21)22/h3-9H,10-11H2,1-2H3,(H,20,23)(H,21,22). The van der Waals surface area contributed by atoms with Crippen LogP contribution in [0.3, 0.4) is 0 Å². The zero-order chi connectivity index (χ0) is 17.3. The third-order valence-corrected chi connectivity index (χ3v) is 4.11. The van der Waals surface area contributed by atoms with Gasteiger partial charge in [0, 0.05) is 16.7 Å². The van der Waals surface area contributed by atoms with Crippen LogP contribution >= 0.6 is 0 Å². The highest BCUT2D eigenvalue weighted by Crippen LogP contribution is 2.40. The maximum Gasteiger partial charge on any atom is 0.307 e. The van der Waals surface area contributed by atoms with Crippen LogP contribution in [0.2, 0.25) is 0 Å². The van der Waals surface area contributed by atoms with E-state index in [0.717, 1.165) is 5.56 Å². The van der Waals surface area contributed by atoms with Gasteiger partial charge in [0.15, 0.2) is 0 Å². The maximum atomic E-state index is 12.6. The average molecular weight is 325 g/mol. The van der Waals surface area contributed by atoms with Crippen LogP contribution in [0.4, 0.5) is 5.69 Å². The molecular weight excluding hydrogens is 306 g/mol. The van der Waals surface area contributed by atoms with Gasteiger partial charge in [0.1, 0.15) is 5.75 Å². The molecule has 1 amide bonds. The fraction of sp³-hybridized carbons (Fsp3) is 0.263. The number of amides is 1. The summed E-state index contributed by atoms with van der Waals surface area (Å²) in [5.41, 5.74) is 2.59. The van der Waals surface area contributed by atoms with Crippen molar-refractivity contribution in [2.75, 3.05) is 11.9 Å². The van der Waals surface area contributed by atoms with Gasteiger partial charge in [-0.3, -0.25) is 9.59 Å². The number of anilines is 1. The summed E-state index contributed by atoms with van der Waals surface area (Å²) >= 11 is 0. The van der Waals surface area contributed by atoms with E-state index >= 15 is 0 Å². The molecule has 0 fully saturated rings. The van der Waals surface area contributed by atoms with Gasteiger partial charge >= 0.3 is 5.97 Å². The first-order valence-electron chi connectivity index (χ1n) is 7.75. The average Bonchev–Trinajstić information content (AvgIpc) is 2.82. The number of carboxylic acid groups (broad SMARTS) is 1. The number of nitrogens with one attached hydrogen (secondary N) is 1. The molecule has 0 atom stereocenters. The van der Waals surface area contributed by atoms with Crippen molar-refractivity contribution in [1.29, 1.82) is 0 Å². The summed E-state index contributed by atoms with van der Waals surface area (Å²) in [6, 6.07) is 12.4. The van der Waals surface area contributed by atoms with Gasteiger partial charge in [0.2, 0.25) is 0 Å². The minimum Gasteiger partial charge on any atom is -0.492 e. The lowest BCUT2D eigenvalue weighted by molar-refractivity contribution is -0.136. The summed E-state index contributed by atoms with van der Waals surface area (Å²) in [6.45, 7) is 4.70. The quantitative estimate of drug-likeness (QED) is 0.905. The van der Waals surface area contributed by atoms with E-state index in [9.17, 15) is 9.59 Å². The van der Waals surface area contributed by atoms with E-state index in [1.54, 1.807) is 30.3 Å². The first-order chi connectivity index (χ1) is 11.4. The van der Waals surface area contributed by atoms with Crippen LogP contribution in [-0.2, 0) is 16.6 Å². The Labute approximate surface area is 140 Å². The number of benzene rings is 2. The van der Waals surface area contributed by atoms with E-state index in [1.807, 2.05) is 12.1 Å². The molecule has 1 heterocycles. The van der Waals surface area contributed by atoms with Crippen molar-refractivity contribution < 1.29 is 19.4 Å². The number of carbonyl (C=O) groups is 2. The Balaban J connectivity index is 1.84. The van der Waals surface area contributed by atoms with Crippen molar-refractivity contribution in [3.05, 3.63) is 59.2 Å². The highest BCUT2D eigenvalue weighted by molar-refractivity contribution is 6.06. The highest BCUT2D eigenvalue weighted by Gasteiger charge is 2.34. The lowest BCUT2D eigenvalue weighted by Crippen LogP contribution is -2.18. The monoisotopic (exact) mass is 325 g/mol. The normalized spacial score (nSPS) is 14.6. The van der Waals surface area contributed by atoms with Gasteiger partial charge in [-0.2, -0.15) is 0 Å². The molecule has 0 spiro atoms. The summed E-state index contributed by atoms with van der Waals surface area (Å²) in [5, 5.41) is 11.7. The molecule has 5 nitrogen and oxygen atoms in total. The van der Waals surface area contributed by atoms with Crippen molar-refractivity contribution in [1.82, 2.24) is 0 Å². The van der Waals surface area contributed by atoms with Crippen molar-refractivity contribution in [2.24, 2.45) is 0 Å². The van der Waals surface area contributed by atoms with Crippen LogP contribution < -0.4 is 10.1 Å². The predicted molar refractivity (Wildman–Crippen MR) is 90.7 cm³/mol. The Kier molecular flexibility index (Phi) is 4.01. The SMILES string of the molecule is CC1(C)COc2c(C(=O)Nc3cccc(CC(=O)O)c3)cccc21. The second-order valence-electron chi connectivity index (χ2n) is 6.58. The molecule has 0 aromatic heterocycles. The van der Waals surface area contributed by atoms with Gasteiger partial charge in [-0.05, 0) is 23.8 Å². The second kappa shape index (κ2) is 6.00.